The Kier molecular flexibility index (Phi) is 10.2. The molecule has 210 valence electrons. The molecule has 0 saturated carbocycles. The Morgan fingerprint density at radius 1 is 1.11 bits per heavy atom. The van der Waals surface area contributed by atoms with Crippen LogP contribution >= 0.6 is 0 Å². The minimum Gasteiger partial charge on any atom is -0.475 e. The molecule has 3 atom stereocenters. The van der Waals surface area contributed by atoms with Gasteiger partial charge in [0.25, 0.3) is 0 Å². The summed E-state index contributed by atoms with van der Waals surface area (Å²) in [5.74, 6) is -4.60. The number of ether oxygens (including phenoxy) is 1. The lowest BCUT2D eigenvalue weighted by molar-refractivity contribution is -0.193. The molecule has 0 radical (unpaired) electrons. The number of carbonyl (C=O) groups excluding carboxylic acids is 1. The smallest absolute Gasteiger partial charge is 0.475 e. The van der Waals surface area contributed by atoms with Crippen molar-refractivity contribution in [3.05, 3.63) is 42.0 Å². The van der Waals surface area contributed by atoms with Crippen LogP contribution in [0.5, 0.6) is 0 Å². The number of anilines is 1. The fourth-order valence-electron chi connectivity index (χ4n) is 3.59. The molecule has 17 heteroatoms. The number of halogens is 6. The molecular formula is C21H22F6N4O7. The number of hydrogen-bond donors (Lipinski definition) is 3. The monoisotopic (exact) mass is 556 g/mol. The molecule has 11 nitrogen and oxygen atoms in total. The predicted molar refractivity (Wildman–Crippen MR) is 113 cm³/mol. The first kappa shape index (κ1) is 30.5. The molecule has 1 amide bonds. The third-order valence-electron chi connectivity index (χ3n) is 5.20. The Labute approximate surface area is 210 Å². The Morgan fingerprint density at radius 3 is 2.18 bits per heavy atom. The van der Waals surface area contributed by atoms with Gasteiger partial charge >= 0.3 is 24.3 Å². The van der Waals surface area contributed by atoms with Crippen molar-refractivity contribution in [2.45, 2.75) is 31.9 Å². The lowest BCUT2D eigenvalue weighted by Gasteiger charge is -2.18. The van der Waals surface area contributed by atoms with Crippen LogP contribution < -0.4 is 5.32 Å². The highest BCUT2D eigenvalue weighted by Crippen LogP contribution is 2.35. The van der Waals surface area contributed by atoms with Crippen LogP contribution in [-0.2, 0) is 25.7 Å². The van der Waals surface area contributed by atoms with Crippen molar-refractivity contribution in [2.75, 3.05) is 25.0 Å². The van der Waals surface area contributed by atoms with Crippen LogP contribution in [-0.4, -0.2) is 81.3 Å². The van der Waals surface area contributed by atoms with Crippen LogP contribution in [0.1, 0.15) is 11.5 Å². The number of nitrogens with zero attached hydrogens (tertiary/aromatic N) is 3. The Hall–Kier alpha value is -3.73. The number of amides is 1. The number of fused-ring (bicyclic) bond motifs is 1. The third-order valence-corrected chi connectivity index (χ3v) is 5.20. The molecule has 2 aliphatic rings. The normalized spacial score (nSPS) is 20.9. The maximum atomic E-state index is 12.6. The lowest BCUT2D eigenvalue weighted by Crippen LogP contribution is -2.31. The maximum Gasteiger partial charge on any atom is 0.490 e. The van der Waals surface area contributed by atoms with E-state index in [2.05, 4.69) is 20.4 Å². The van der Waals surface area contributed by atoms with Gasteiger partial charge in [0.05, 0.1) is 36.2 Å². The van der Waals surface area contributed by atoms with E-state index in [1.54, 1.807) is 18.5 Å². The van der Waals surface area contributed by atoms with Crippen molar-refractivity contribution >= 4 is 23.5 Å². The number of aliphatic carboxylic acids is 2. The number of hydrogen-bond acceptors (Lipinski definition) is 8. The van der Waals surface area contributed by atoms with E-state index >= 15 is 0 Å². The molecule has 0 spiro atoms. The van der Waals surface area contributed by atoms with Gasteiger partial charge in [0.1, 0.15) is 5.76 Å². The van der Waals surface area contributed by atoms with Crippen LogP contribution in [0.4, 0.5) is 32.0 Å². The summed E-state index contributed by atoms with van der Waals surface area (Å²) in [4.78, 5) is 36.6. The zero-order valence-corrected chi connectivity index (χ0v) is 19.5. The number of carboxylic acids is 2. The summed E-state index contributed by atoms with van der Waals surface area (Å²) in [5.41, 5.74) is 1.64. The molecule has 0 aromatic carbocycles. The number of aryl methyl sites for hydroxylation is 1. The maximum absolute atomic E-state index is 12.6. The summed E-state index contributed by atoms with van der Waals surface area (Å²) in [6.07, 6.45) is -6.72. The van der Waals surface area contributed by atoms with E-state index in [0.29, 0.717) is 6.61 Å². The van der Waals surface area contributed by atoms with E-state index in [9.17, 15) is 31.1 Å². The zero-order chi connectivity index (χ0) is 28.7. The number of carbonyl (C=O) groups is 3. The molecule has 0 bridgehead atoms. The first-order valence-electron chi connectivity index (χ1n) is 10.6. The Bertz CT molecular complexity index is 1070. The van der Waals surface area contributed by atoms with Gasteiger partial charge in [-0.25, -0.2) is 9.59 Å². The summed E-state index contributed by atoms with van der Waals surface area (Å²) in [6.45, 7) is 4.76. The van der Waals surface area contributed by atoms with E-state index in [-0.39, 0.29) is 23.8 Å². The number of likely N-dealkylation sites (tertiary alicyclic amines) is 1. The molecule has 2 saturated heterocycles. The van der Waals surface area contributed by atoms with Gasteiger partial charge in [-0.3, -0.25) is 14.7 Å². The predicted octanol–water partition coefficient (Wildman–Crippen LogP) is 2.73. The Morgan fingerprint density at radius 2 is 1.71 bits per heavy atom. The molecular weight excluding hydrogens is 534 g/mol. The van der Waals surface area contributed by atoms with Gasteiger partial charge in [0, 0.05) is 37.8 Å². The minimum atomic E-state index is -5.08. The molecule has 0 unspecified atom stereocenters. The van der Waals surface area contributed by atoms with Crippen LogP contribution in [0.3, 0.4) is 0 Å². The molecule has 2 fully saturated rings. The van der Waals surface area contributed by atoms with Gasteiger partial charge in [0.15, 0.2) is 0 Å². The van der Waals surface area contributed by atoms with Crippen LogP contribution in [0.2, 0.25) is 0 Å². The SMILES string of the molecule is Cc1cc(CN2C[C@@H]3[C@@H](C(=O)Nc4cccnc4)CO[C@@H]3C2)no1.O=C(O)C(F)(F)F.O=C(O)C(F)(F)F. The van der Waals surface area contributed by atoms with Gasteiger partial charge in [-0.1, -0.05) is 5.16 Å². The van der Waals surface area contributed by atoms with Crippen molar-refractivity contribution in [1.82, 2.24) is 15.0 Å². The average Bonchev–Trinajstić information content (AvgIpc) is 3.50. The van der Waals surface area contributed by atoms with Crippen molar-refractivity contribution in [2.24, 2.45) is 11.8 Å². The van der Waals surface area contributed by atoms with Crippen molar-refractivity contribution in [3.63, 3.8) is 0 Å². The molecule has 38 heavy (non-hydrogen) atoms. The first-order chi connectivity index (χ1) is 17.6. The summed E-state index contributed by atoms with van der Waals surface area (Å²) in [7, 11) is 0. The summed E-state index contributed by atoms with van der Waals surface area (Å²) >= 11 is 0. The molecule has 2 aromatic heterocycles. The number of nitrogens with one attached hydrogen (secondary N) is 1. The minimum absolute atomic E-state index is 0.00892. The van der Waals surface area contributed by atoms with E-state index in [4.69, 9.17) is 29.1 Å². The highest BCUT2D eigenvalue weighted by atomic mass is 19.4. The van der Waals surface area contributed by atoms with E-state index in [1.807, 2.05) is 19.1 Å². The summed E-state index contributed by atoms with van der Waals surface area (Å²) in [6, 6.07) is 5.59. The molecule has 4 heterocycles. The number of aromatic nitrogens is 2. The number of pyridine rings is 1. The standard InChI is InChI=1S/C17H20N4O3.2C2HF3O2/c1-11-5-13(20-24-11)7-21-8-14-15(10-23-16(14)9-21)17(22)19-12-3-2-4-18-6-12;2*3-2(4,5)1(6)7/h2-6,14-16H,7-10H2,1H3,(H,19,22);2*(H,6,7)/t14-,15+,16-;;/m1../s1. The molecule has 4 rings (SSSR count). The van der Waals surface area contributed by atoms with E-state index < -0.39 is 24.3 Å². The van der Waals surface area contributed by atoms with Crippen molar-refractivity contribution in [3.8, 4) is 0 Å². The van der Waals surface area contributed by atoms with E-state index in [1.165, 1.54) is 0 Å². The highest BCUT2D eigenvalue weighted by molar-refractivity contribution is 5.93. The van der Waals surface area contributed by atoms with Gasteiger partial charge < -0.3 is 24.8 Å². The number of rotatable bonds is 4. The largest absolute Gasteiger partial charge is 0.490 e. The number of alkyl halides is 6. The van der Waals surface area contributed by atoms with Gasteiger partial charge in [-0.2, -0.15) is 26.3 Å². The van der Waals surface area contributed by atoms with Gasteiger partial charge in [-0.05, 0) is 19.1 Å². The topological polar surface area (TPSA) is 155 Å². The van der Waals surface area contributed by atoms with Crippen LogP contribution in [0.25, 0.3) is 0 Å². The van der Waals surface area contributed by atoms with Crippen LogP contribution in [0.15, 0.2) is 35.1 Å². The van der Waals surface area contributed by atoms with Crippen molar-refractivity contribution < 1.29 is 60.2 Å². The third kappa shape index (κ3) is 9.29. The lowest BCUT2D eigenvalue weighted by atomic mass is 9.92. The zero-order valence-electron chi connectivity index (χ0n) is 19.5. The Balaban J connectivity index is 0.000000301. The first-order valence-corrected chi connectivity index (χ1v) is 10.6. The highest BCUT2D eigenvalue weighted by Gasteiger charge is 2.47. The molecule has 3 N–H and O–H groups in total. The fourth-order valence-corrected chi connectivity index (χ4v) is 3.59. The van der Waals surface area contributed by atoms with Crippen molar-refractivity contribution in [1.29, 1.82) is 0 Å². The second kappa shape index (κ2) is 12.7. The second-order valence-corrected chi connectivity index (χ2v) is 8.10. The average molecular weight is 556 g/mol. The molecule has 2 aliphatic heterocycles. The molecule has 2 aromatic rings. The van der Waals surface area contributed by atoms with Gasteiger partial charge in [0.2, 0.25) is 5.91 Å². The quantitative estimate of drug-likeness (QED) is 0.479. The summed E-state index contributed by atoms with van der Waals surface area (Å²) < 4.78 is 74.4. The van der Waals surface area contributed by atoms with Crippen LogP contribution in [0, 0.1) is 18.8 Å². The summed E-state index contributed by atoms with van der Waals surface area (Å²) in [5, 5.41) is 21.2. The van der Waals surface area contributed by atoms with E-state index in [0.717, 1.165) is 36.8 Å². The number of carboxylic acid groups (broad SMARTS) is 2. The fraction of sp³-hybridized carbons (Fsp3) is 0.476. The second-order valence-electron chi connectivity index (χ2n) is 8.10. The van der Waals surface area contributed by atoms with Gasteiger partial charge in [-0.15, -0.1) is 0 Å². The molecule has 0 aliphatic carbocycles.